The molecule has 2 rings (SSSR count). The number of ether oxygens (including phenoxy) is 1. The summed E-state index contributed by atoms with van der Waals surface area (Å²) in [6, 6.07) is 0.714. The maximum atomic E-state index is 5.66. The molecule has 2 nitrogen and oxygen atoms in total. The lowest BCUT2D eigenvalue weighted by atomic mass is 9.93. The Morgan fingerprint density at radius 1 is 1.21 bits per heavy atom. The van der Waals surface area contributed by atoms with Gasteiger partial charge < -0.3 is 9.64 Å². The predicted octanol–water partition coefficient (Wildman–Crippen LogP) is 2.53. The van der Waals surface area contributed by atoms with Gasteiger partial charge in [-0.05, 0) is 26.7 Å². The van der Waals surface area contributed by atoms with E-state index in [1.807, 2.05) is 13.8 Å². The molecule has 0 aromatic carbocycles. The van der Waals surface area contributed by atoms with Gasteiger partial charge in [-0.3, -0.25) is 0 Å². The van der Waals surface area contributed by atoms with Crippen molar-refractivity contribution >= 4 is 0 Å². The average Bonchev–Trinajstić information content (AvgIpc) is 2.67. The van der Waals surface area contributed by atoms with Gasteiger partial charge >= 0.3 is 0 Å². The van der Waals surface area contributed by atoms with E-state index in [9.17, 15) is 0 Å². The van der Waals surface area contributed by atoms with Crippen LogP contribution >= 0.6 is 0 Å². The standard InChI is InChI=1S/C10H19NO.C2H6/c1-8(2)11-5-3-10-9(7-11)4-6-12-10;1-2/h8-10H,3-7H2,1-2H3;1-2H3. The molecular formula is C12H25NO. The molecule has 14 heavy (non-hydrogen) atoms. The van der Waals surface area contributed by atoms with E-state index >= 15 is 0 Å². The molecular weight excluding hydrogens is 174 g/mol. The second-order valence-corrected chi connectivity index (χ2v) is 4.34. The van der Waals surface area contributed by atoms with E-state index in [1.165, 1.54) is 25.9 Å². The van der Waals surface area contributed by atoms with Gasteiger partial charge in [0.2, 0.25) is 0 Å². The van der Waals surface area contributed by atoms with E-state index in [4.69, 9.17) is 4.74 Å². The maximum absolute atomic E-state index is 5.66. The largest absolute Gasteiger partial charge is 0.378 e. The van der Waals surface area contributed by atoms with Crippen molar-refractivity contribution in [2.24, 2.45) is 5.92 Å². The number of nitrogens with zero attached hydrogens (tertiary/aromatic N) is 1. The van der Waals surface area contributed by atoms with E-state index in [0.717, 1.165) is 12.5 Å². The summed E-state index contributed by atoms with van der Waals surface area (Å²) in [5, 5.41) is 0. The molecule has 0 radical (unpaired) electrons. The normalized spacial score (nSPS) is 32.4. The molecule has 0 aromatic rings. The molecule has 2 fully saturated rings. The third kappa shape index (κ3) is 2.71. The van der Waals surface area contributed by atoms with Gasteiger partial charge in [-0.15, -0.1) is 0 Å². The number of piperidine rings is 1. The summed E-state index contributed by atoms with van der Waals surface area (Å²) in [5.74, 6) is 0.834. The molecule has 2 aliphatic heterocycles. The van der Waals surface area contributed by atoms with Gasteiger partial charge in [0, 0.05) is 31.7 Å². The van der Waals surface area contributed by atoms with Gasteiger partial charge in [0.1, 0.15) is 0 Å². The first-order valence-electron chi connectivity index (χ1n) is 6.13. The fraction of sp³-hybridized carbons (Fsp3) is 1.00. The van der Waals surface area contributed by atoms with Crippen molar-refractivity contribution in [2.45, 2.75) is 52.7 Å². The zero-order chi connectivity index (χ0) is 10.6. The summed E-state index contributed by atoms with van der Waals surface area (Å²) in [5.41, 5.74) is 0. The molecule has 2 aliphatic rings. The van der Waals surface area contributed by atoms with Crippen molar-refractivity contribution in [2.75, 3.05) is 19.7 Å². The first kappa shape index (κ1) is 12.0. The summed E-state index contributed by atoms with van der Waals surface area (Å²) < 4.78 is 5.66. The summed E-state index contributed by atoms with van der Waals surface area (Å²) in [6.07, 6.45) is 3.14. The lowest BCUT2D eigenvalue weighted by Gasteiger charge is -2.36. The van der Waals surface area contributed by atoms with Crippen LogP contribution in [0.2, 0.25) is 0 Å². The third-order valence-corrected chi connectivity index (χ3v) is 3.25. The van der Waals surface area contributed by atoms with E-state index in [2.05, 4.69) is 18.7 Å². The summed E-state index contributed by atoms with van der Waals surface area (Å²) >= 11 is 0. The van der Waals surface area contributed by atoms with Gasteiger partial charge in [0.15, 0.2) is 0 Å². The zero-order valence-corrected chi connectivity index (χ0v) is 10.1. The number of hydrogen-bond donors (Lipinski definition) is 0. The van der Waals surface area contributed by atoms with Gasteiger partial charge in [0.05, 0.1) is 6.10 Å². The minimum Gasteiger partial charge on any atom is -0.378 e. The average molecular weight is 199 g/mol. The van der Waals surface area contributed by atoms with E-state index in [-0.39, 0.29) is 0 Å². The minimum atomic E-state index is 0.597. The maximum Gasteiger partial charge on any atom is 0.0628 e. The first-order chi connectivity index (χ1) is 6.77. The number of likely N-dealkylation sites (tertiary alicyclic amines) is 1. The molecule has 0 spiro atoms. The summed E-state index contributed by atoms with van der Waals surface area (Å²) in [7, 11) is 0. The summed E-state index contributed by atoms with van der Waals surface area (Å²) in [6.45, 7) is 12.1. The number of rotatable bonds is 1. The highest BCUT2D eigenvalue weighted by atomic mass is 16.5. The topological polar surface area (TPSA) is 12.5 Å². The molecule has 2 heterocycles. The Bertz CT molecular complexity index is 158. The Morgan fingerprint density at radius 2 is 1.93 bits per heavy atom. The molecule has 2 heteroatoms. The minimum absolute atomic E-state index is 0.597. The van der Waals surface area contributed by atoms with Crippen LogP contribution in [0.3, 0.4) is 0 Å². The Labute approximate surface area is 88.6 Å². The monoisotopic (exact) mass is 199 g/mol. The van der Waals surface area contributed by atoms with Crippen LogP contribution in [0.5, 0.6) is 0 Å². The SMILES string of the molecule is CC.CC(C)N1CCC2OCCC2C1. The quantitative estimate of drug-likeness (QED) is 0.643. The van der Waals surface area contributed by atoms with Crippen molar-refractivity contribution in [1.29, 1.82) is 0 Å². The number of hydrogen-bond acceptors (Lipinski definition) is 2. The fourth-order valence-corrected chi connectivity index (χ4v) is 2.38. The lowest BCUT2D eigenvalue weighted by molar-refractivity contribution is 0.0257. The van der Waals surface area contributed by atoms with E-state index in [1.54, 1.807) is 0 Å². The van der Waals surface area contributed by atoms with E-state index in [0.29, 0.717) is 12.1 Å². The van der Waals surface area contributed by atoms with Crippen LogP contribution in [0.1, 0.15) is 40.5 Å². The smallest absolute Gasteiger partial charge is 0.0628 e. The lowest BCUT2D eigenvalue weighted by Crippen LogP contribution is -2.44. The van der Waals surface area contributed by atoms with Crippen molar-refractivity contribution in [3.05, 3.63) is 0 Å². The Morgan fingerprint density at radius 3 is 2.57 bits per heavy atom. The van der Waals surface area contributed by atoms with Crippen molar-refractivity contribution in [3.63, 3.8) is 0 Å². The van der Waals surface area contributed by atoms with Crippen molar-refractivity contribution in [1.82, 2.24) is 4.90 Å². The van der Waals surface area contributed by atoms with Gasteiger partial charge in [-0.1, -0.05) is 13.8 Å². The van der Waals surface area contributed by atoms with Gasteiger partial charge in [-0.25, -0.2) is 0 Å². The molecule has 84 valence electrons. The fourth-order valence-electron chi connectivity index (χ4n) is 2.38. The highest BCUT2D eigenvalue weighted by molar-refractivity contribution is 4.85. The van der Waals surface area contributed by atoms with Crippen LogP contribution < -0.4 is 0 Å². The second kappa shape index (κ2) is 5.72. The highest BCUT2D eigenvalue weighted by Gasteiger charge is 2.34. The highest BCUT2D eigenvalue weighted by Crippen LogP contribution is 2.29. The Hall–Kier alpha value is -0.0800. The Kier molecular flexibility index (Phi) is 4.90. The summed E-state index contributed by atoms with van der Waals surface area (Å²) in [4.78, 5) is 2.58. The molecule has 2 saturated heterocycles. The van der Waals surface area contributed by atoms with Crippen LogP contribution in [-0.4, -0.2) is 36.7 Å². The van der Waals surface area contributed by atoms with Gasteiger partial charge in [-0.2, -0.15) is 0 Å². The number of fused-ring (bicyclic) bond motifs is 1. The van der Waals surface area contributed by atoms with E-state index < -0.39 is 0 Å². The Balaban J connectivity index is 0.000000461. The first-order valence-corrected chi connectivity index (χ1v) is 6.13. The second-order valence-electron chi connectivity index (χ2n) is 4.34. The van der Waals surface area contributed by atoms with Crippen molar-refractivity contribution in [3.8, 4) is 0 Å². The third-order valence-electron chi connectivity index (χ3n) is 3.25. The molecule has 0 saturated carbocycles. The van der Waals surface area contributed by atoms with Crippen LogP contribution in [0, 0.1) is 5.92 Å². The predicted molar refractivity (Wildman–Crippen MR) is 60.5 cm³/mol. The zero-order valence-electron chi connectivity index (χ0n) is 10.1. The molecule has 0 bridgehead atoms. The molecule has 0 N–H and O–H groups in total. The van der Waals surface area contributed by atoms with Crippen molar-refractivity contribution < 1.29 is 4.74 Å². The van der Waals surface area contributed by atoms with Crippen LogP contribution in [0.25, 0.3) is 0 Å². The molecule has 2 unspecified atom stereocenters. The molecule has 0 aliphatic carbocycles. The van der Waals surface area contributed by atoms with Gasteiger partial charge in [0.25, 0.3) is 0 Å². The molecule has 2 atom stereocenters. The molecule has 0 amide bonds. The van der Waals surface area contributed by atoms with Crippen LogP contribution in [0.4, 0.5) is 0 Å². The van der Waals surface area contributed by atoms with Crippen LogP contribution in [-0.2, 0) is 4.74 Å². The van der Waals surface area contributed by atoms with Crippen LogP contribution in [0.15, 0.2) is 0 Å². The molecule has 0 aromatic heterocycles.